The Hall–Kier alpha value is -1.81. The minimum absolute atomic E-state index is 0.00226. The van der Waals surface area contributed by atoms with Crippen molar-refractivity contribution in [3.05, 3.63) is 40.5 Å². The Morgan fingerprint density at radius 3 is 2.65 bits per heavy atom. The Bertz CT molecular complexity index is 543. The maximum Gasteiger partial charge on any atom is 0.247 e. The van der Waals surface area contributed by atoms with Gasteiger partial charge in [0.1, 0.15) is 5.75 Å². The van der Waals surface area contributed by atoms with Crippen molar-refractivity contribution in [2.45, 2.75) is 26.8 Å². The molecule has 1 fully saturated rings. The molecule has 1 atom stereocenters. The second kappa shape index (κ2) is 6.09. The molecule has 0 aromatic heterocycles. The van der Waals surface area contributed by atoms with Gasteiger partial charge in [0.25, 0.3) is 0 Å². The number of hydrogen-bond donors (Lipinski definition) is 2. The third kappa shape index (κ3) is 3.02. The van der Waals surface area contributed by atoms with E-state index in [1.807, 2.05) is 32.9 Å². The summed E-state index contributed by atoms with van der Waals surface area (Å²) in [6.45, 7) is 7.53. The van der Waals surface area contributed by atoms with Crippen molar-refractivity contribution < 1.29 is 9.53 Å². The zero-order valence-corrected chi connectivity index (χ0v) is 12.5. The van der Waals surface area contributed by atoms with Crippen LogP contribution in [0.15, 0.2) is 29.3 Å². The molecule has 1 aromatic rings. The minimum Gasteiger partial charge on any atom is -0.496 e. The number of carbonyl (C=O) groups excluding carboxylic acids is 1. The van der Waals surface area contributed by atoms with Crippen molar-refractivity contribution >= 4 is 5.91 Å². The van der Waals surface area contributed by atoms with Gasteiger partial charge in [-0.05, 0) is 32.4 Å². The lowest BCUT2D eigenvalue weighted by Crippen LogP contribution is -2.38. The average molecular weight is 274 g/mol. The van der Waals surface area contributed by atoms with E-state index < -0.39 is 0 Å². The molecule has 1 aromatic carbocycles. The molecule has 4 heteroatoms. The number of benzene rings is 1. The van der Waals surface area contributed by atoms with Crippen LogP contribution in [0.3, 0.4) is 0 Å². The highest BCUT2D eigenvalue weighted by Crippen LogP contribution is 2.26. The van der Waals surface area contributed by atoms with Gasteiger partial charge in [-0.2, -0.15) is 0 Å². The van der Waals surface area contributed by atoms with Crippen molar-refractivity contribution in [3.8, 4) is 5.75 Å². The molecule has 0 bridgehead atoms. The predicted molar refractivity (Wildman–Crippen MR) is 79.9 cm³/mol. The van der Waals surface area contributed by atoms with Crippen LogP contribution in [-0.2, 0) is 4.79 Å². The fourth-order valence-corrected chi connectivity index (χ4v) is 2.25. The van der Waals surface area contributed by atoms with E-state index in [-0.39, 0.29) is 11.9 Å². The van der Waals surface area contributed by atoms with Crippen molar-refractivity contribution in [2.75, 3.05) is 20.2 Å². The van der Waals surface area contributed by atoms with E-state index >= 15 is 0 Å². The van der Waals surface area contributed by atoms with Crippen LogP contribution in [-0.4, -0.2) is 26.1 Å². The van der Waals surface area contributed by atoms with Crippen LogP contribution in [0.25, 0.3) is 0 Å². The van der Waals surface area contributed by atoms with Gasteiger partial charge in [0, 0.05) is 24.2 Å². The summed E-state index contributed by atoms with van der Waals surface area (Å²) < 4.78 is 5.37. The molecule has 4 nitrogen and oxygen atoms in total. The van der Waals surface area contributed by atoms with Gasteiger partial charge >= 0.3 is 0 Å². The molecule has 0 aliphatic carbocycles. The standard InChI is InChI=1S/C16H22N2O2/c1-10-5-6-15(20-4)14(7-10)12(3)18-16(19)11(2)13-8-17-9-13/h5-7,12,17H,8-9H2,1-4H3,(H,18,19). The van der Waals surface area contributed by atoms with Crippen LogP contribution >= 0.6 is 0 Å². The van der Waals surface area contributed by atoms with Crippen LogP contribution < -0.4 is 15.4 Å². The Morgan fingerprint density at radius 1 is 1.40 bits per heavy atom. The zero-order valence-electron chi connectivity index (χ0n) is 12.5. The van der Waals surface area contributed by atoms with Gasteiger partial charge in [0.2, 0.25) is 5.91 Å². The first kappa shape index (κ1) is 14.6. The molecule has 20 heavy (non-hydrogen) atoms. The Kier molecular flexibility index (Phi) is 4.45. The maximum atomic E-state index is 12.2. The minimum atomic E-state index is -0.0825. The molecule has 1 heterocycles. The molecular formula is C16H22N2O2. The molecule has 1 aliphatic rings. The van der Waals surface area contributed by atoms with Crippen LogP contribution in [0.4, 0.5) is 0 Å². The number of amides is 1. The van der Waals surface area contributed by atoms with Gasteiger partial charge in [0.15, 0.2) is 0 Å². The largest absolute Gasteiger partial charge is 0.496 e. The van der Waals surface area contributed by atoms with E-state index in [9.17, 15) is 4.79 Å². The molecule has 0 spiro atoms. The first-order chi connectivity index (χ1) is 9.52. The van der Waals surface area contributed by atoms with Crippen LogP contribution in [0.2, 0.25) is 0 Å². The summed E-state index contributed by atoms with van der Waals surface area (Å²) in [7, 11) is 1.65. The first-order valence-electron chi connectivity index (χ1n) is 6.87. The van der Waals surface area contributed by atoms with Gasteiger partial charge < -0.3 is 15.4 Å². The molecule has 1 amide bonds. The molecule has 1 aliphatic heterocycles. The van der Waals surface area contributed by atoms with Crippen LogP contribution in [0.5, 0.6) is 5.75 Å². The molecule has 0 saturated carbocycles. The number of methoxy groups -OCH3 is 1. The van der Waals surface area contributed by atoms with Gasteiger partial charge in [-0.25, -0.2) is 0 Å². The van der Waals surface area contributed by atoms with Crippen molar-refractivity contribution in [1.29, 1.82) is 0 Å². The van der Waals surface area contributed by atoms with Gasteiger partial charge in [-0.15, -0.1) is 0 Å². The summed E-state index contributed by atoms with van der Waals surface area (Å²) in [5.74, 6) is 0.802. The summed E-state index contributed by atoms with van der Waals surface area (Å²) in [6, 6.07) is 5.91. The Morgan fingerprint density at radius 2 is 2.10 bits per heavy atom. The summed E-state index contributed by atoms with van der Waals surface area (Å²) in [5.41, 5.74) is 4.17. The predicted octanol–water partition coefficient (Wildman–Crippen LogP) is 2.10. The van der Waals surface area contributed by atoms with Crippen LogP contribution in [0.1, 0.15) is 31.0 Å². The third-order valence-corrected chi connectivity index (χ3v) is 3.75. The zero-order chi connectivity index (χ0) is 14.7. The molecule has 1 unspecified atom stereocenters. The second-order valence-corrected chi connectivity index (χ2v) is 5.27. The summed E-state index contributed by atoms with van der Waals surface area (Å²) in [6.07, 6.45) is 0. The summed E-state index contributed by atoms with van der Waals surface area (Å²) in [5, 5.41) is 6.19. The van der Waals surface area contributed by atoms with E-state index in [1.165, 1.54) is 5.57 Å². The molecule has 2 N–H and O–H groups in total. The van der Waals surface area contributed by atoms with Gasteiger partial charge in [-0.3, -0.25) is 4.79 Å². The summed E-state index contributed by atoms with van der Waals surface area (Å²) in [4.78, 5) is 12.2. The third-order valence-electron chi connectivity index (χ3n) is 3.75. The fraction of sp³-hybridized carbons (Fsp3) is 0.438. The maximum absolute atomic E-state index is 12.2. The highest BCUT2D eigenvalue weighted by atomic mass is 16.5. The number of rotatable bonds is 4. The van der Waals surface area contributed by atoms with E-state index in [1.54, 1.807) is 7.11 Å². The fourth-order valence-electron chi connectivity index (χ4n) is 2.25. The van der Waals surface area contributed by atoms with E-state index in [0.717, 1.165) is 35.5 Å². The molecule has 2 rings (SSSR count). The van der Waals surface area contributed by atoms with Crippen LogP contribution in [0, 0.1) is 6.92 Å². The Labute approximate surface area is 120 Å². The number of ether oxygens (including phenoxy) is 1. The molecule has 108 valence electrons. The van der Waals surface area contributed by atoms with Gasteiger partial charge in [0.05, 0.1) is 13.2 Å². The van der Waals surface area contributed by atoms with E-state index in [4.69, 9.17) is 4.74 Å². The molecule has 1 saturated heterocycles. The monoisotopic (exact) mass is 274 g/mol. The quantitative estimate of drug-likeness (QED) is 0.827. The van der Waals surface area contributed by atoms with E-state index in [2.05, 4.69) is 16.7 Å². The number of aryl methyl sites for hydroxylation is 1. The van der Waals surface area contributed by atoms with Crippen molar-refractivity contribution in [2.24, 2.45) is 0 Å². The molecular weight excluding hydrogens is 252 g/mol. The SMILES string of the molecule is COc1ccc(C)cc1C(C)NC(=O)C(C)=C1CNC1. The lowest BCUT2D eigenvalue weighted by Gasteiger charge is -2.23. The Balaban J connectivity index is 2.13. The lowest BCUT2D eigenvalue weighted by molar-refractivity contribution is -0.118. The topological polar surface area (TPSA) is 50.4 Å². The number of nitrogens with one attached hydrogen (secondary N) is 2. The first-order valence-corrected chi connectivity index (χ1v) is 6.87. The number of carbonyl (C=O) groups is 1. The highest BCUT2D eigenvalue weighted by molar-refractivity contribution is 5.94. The molecule has 0 radical (unpaired) electrons. The van der Waals surface area contributed by atoms with Crippen molar-refractivity contribution in [1.82, 2.24) is 10.6 Å². The highest BCUT2D eigenvalue weighted by Gasteiger charge is 2.19. The van der Waals surface area contributed by atoms with Gasteiger partial charge in [-0.1, -0.05) is 17.7 Å². The lowest BCUT2D eigenvalue weighted by atomic mass is 10.0. The smallest absolute Gasteiger partial charge is 0.247 e. The number of hydrogen-bond acceptors (Lipinski definition) is 3. The van der Waals surface area contributed by atoms with E-state index in [0.29, 0.717) is 0 Å². The van der Waals surface area contributed by atoms with Crippen molar-refractivity contribution in [3.63, 3.8) is 0 Å². The average Bonchev–Trinajstić information content (AvgIpc) is 2.36. The normalized spacial score (nSPS) is 15.3. The summed E-state index contributed by atoms with van der Waals surface area (Å²) >= 11 is 0. The second-order valence-electron chi connectivity index (χ2n) is 5.27.